The summed E-state index contributed by atoms with van der Waals surface area (Å²) in [6.07, 6.45) is 3.50. The van der Waals surface area contributed by atoms with Gasteiger partial charge in [0, 0.05) is 6.61 Å². The van der Waals surface area contributed by atoms with Crippen molar-refractivity contribution in [2.24, 2.45) is 0 Å². The number of hydrogen-bond donors (Lipinski definition) is 2. The Morgan fingerprint density at radius 2 is 1.83 bits per heavy atom. The number of hydrogen-bond acceptors (Lipinski definition) is 5. The predicted octanol–water partition coefficient (Wildman–Crippen LogP) is 1.72. The van der Waals surface area contributed by atoms with Crippen LogP contribution in [0.2, 0.25) is 0 Å². The van der Waals surface area contributed by atoms with E-state index in [4.69, 9.17) is 5.11 Å². The van der Waals surface area contributed by atoms with Gasteiger partial charge in [0.1, 0.15) is 12.7 Å². The van der Waals surface area contributed by atoms with Crippen LogP contribution >= 0.6 is 0 Å². The summed E-state index contributed by atoms with van der Waals surface area (Å²) in [5.74, 6) is 0.518. The maximum Gasteiger partial charge on any atom is 0.226 e. The van der Waals surface area contributed by atoms with Crippen LogP contribution in [0.3, 0.4) is 0 Å². The molecule has 0 aliphatic carbocycles. The highest BCUT2D eigenvalue weighted by Crippen LogP contribution is 2.20. The van der Waals surface area contributed by atoms with Crippen LogP contribution in [0.25, 0.3) is 0 Å². The van der Waals surface area contributed by atoms with Crippen molar-refractivity contribution in [3.8, 4) is 0 Å². The van der Waals surface area contributed by atoms with Crippen LogP contribution in [0.1, 0.15) is 23.6 Å². The molecule has 2 aromatic rings. The molecule has 1 aromatic carbocycles. The number of aryl methyl sites for hydroxylation is 1. The van der Waals surface area contributed by atoms with Crippen LogP contribution in [0.15, 0.2) is 36.9 Å². The Bertz CT molecular complexity index is 472. The fraction of sp³-hybridized carbons (Fsp3) is 0.308. The Hall–Kier alpha value is -2.01. The lowest BCUT2D eigenvalue weighted by atomic mass is 10.0. The second-order valence-corrected chi connectivity index (χ2v) is 4.08. The molecule has 0 aliphatic rings. The topological polar surface area (TPSA) is 70.9 Å². The lowest BCUT2D eigenvalue weighted by Crippen LogP contribution is -2.14. The van der Waals surface area contributed by atoms with Gasteiger partial charge in [0.25, 0.3) is 0 Å². The molecule has 94 valence electrons. The number of aromatic nitrogens is 3. The summed E-state index contributed by atoms with van der Waals surface area (Å²) < 4.78 is 0. The molecule has 0 radical (unpaired) electrons. The first-order chi connectivity index (χ1) is 8.79. The van der Waals surface area contributed by atoms with Crippen LogP contribution in [0.4, 0.5) is 5.95 Å². The van der Waals surface area contributed by atoms with E-state index in [2.05, 4.69) is 32.4 Å². The van der Waals surface area contributed by atoms with Crippen molar-refractivity contribution < 1.29 is 5.11 Å². The lowest BCUT2D eigenvalue weighted by Gasteiger charge is -2.18. The van der Waals surface area contributed by atoms with Gasteiger partial charge in [-0.15, -0.1) is 0 Å². The molecule has 1 heterocycles. The van der Waals surface area contributed by atoms with Crippen molar-refractivity contribution >= 4 is 5.95 Å². The zero-order valence-electron chi connectivity index (χ0n) is 10.2. The molecule has 1 atom stereocenters. The average molecular weight is 244 g/mol. The van der Waals surface area contributed by atoms with Crippen LogP contribution in [-0.4, -0.2) is 26.7 Å². The van der Waals surface area contributed by atoms with E-state index < -0.39 is 0 Å². The molecule has 0 aliphatic heterocycles. The standard InChI is InChI=1S/C13H16N4O/c1-10-2-4-11(5-3-10)12(6-7-18)17-13-15-8-14-9-16-13/h2-5,8-9,12,18H,6-7H2,1H3,(H,14,15,16,17). The van der Waals surface area contributed by atoms with Gasteiger partial charge >= 0.3 is 0 Å². The molecule has 1 unspecified atom stereocenters. The summed E-state index contributed by atoms with van der Waals surface area (Å²) in [6.45, 7) is 2.15. The highest BCUT2D eigenvalue weighted by molar-refractivity contribution is 5.32. The number of aliphatic hydroxyl groups is 1. The van der Waals surface area contributed by atoms with Gasteiger partial charge in [0.2, 0.25) is 5.95 Å². The molecule has 0 spiro atoms. The Morgan fingerprint density at radius 3 is 2.44 bits per heavy atom. The van der Waals surface area contributed by atoms with Crippen molar-refractivity contribution in [2.75, 3.05) is 11.9 Å². The Balaban J connectivity index is 2.15. The van der Waals surface area contributed by atoms with E-state index >= 15 is 0 Å². The number of aliphatic hydroxyl groups excluding tert-OH is 1. The molecule has 0 amide bonds. The molecule has 0 saturated heterocycles. The van der Waals surface area contributed by atoms with E-state index in [0.29, 0.717) is 12.4 Å². The second kappa shape index (κ2) is 6.07. The molecule has 2 rings (SSSR count). The van der Waals surface area contributed by atoms with E-state index in [-0.39, 0.29) is 12.6 Å². The largest absolute Gasteiger partial charge is 0.396 e. The molecule has 5 heteroatoms. The normalized spacial score (nSPS) is 12.1. The van der Waals surface area contributed by atoms with E-state index in [1.165, 1.54) is 18.2 Å². The quantitative estimate of drug-likeness (QED) is 0.838. The van der Waals surface area contributed by atoms with Crippen molar-refractivity contribution in [3.63, 3.8) is 0 Å². The molecular formula is C13H16N4O. The first-order valence-corrected chi connectivity index (χ1v) is 5.85. The minimum Gasteiger partial charge on any atom is -0.396 e. The van der Waals surface area contributed by atoms with E-state index in [1.807, 2.05) is 19.1 Å². The predicted molar refractivity (Wildman–Crippen MR) is 69.1 cm³/mol. The third-order valence-corrected chi connectivity index (χ3v) is 2.69. The van der Waals surface area contributed by atoms with Crippen molar-refractivity contribution in [1.82, 2.24) is 15.0 Å². The molecule has 18 heavy (non-hydrogen) atoms. The molecule has 0 bridgehead atoms. The monoisotopic (exact) mass is 244 g/mol. The summed E-state index contributed by atoms with van der Waals surface area (Å²) in [7, 11) is 0. The van der Waals surface area contributed by atoms with E-state index in [1.54, 1.807) is 0 Å². The number of nitrogens with one attached hydrogen (secondary N) is 1. The number of rotatable bonds is 5. The molecule has 0 saturated carbocycles. The van der Waals surface area contributed by atoms with Crippen molar-refractivity contribution in [1.29, 1.82) is 0 Å². The van der Waals surface area contributed by atoms with Gasteiger partial charge in [0.15, 0.2) is 0 Å². The maximum absolute atomic E-state index is 9.14. The number of anilines is 1. The molecule has 0 fully saturated rings. The third kappa shape index (κ3) is 3.24. The van der Waals surface area contributed by atoms with Crippen LogP contribution in [0, 0.1) is 6.92 Å². The van der Waals surface area contributed by atoms with Gasteiger partial charge in [-0.25, -0.2) is 15.0 Å². The first kappa shape index (κ1) is 12.4. The Kier molecular flexibility index (Phi) is 4.20. The van der Waals surface area contributed by atoms with E-state index in [0.717, 1.165) is 5.56 Å². The summed E-state index contributed by atoms with van der Waals surface area (Å²) in [4.78, 5) is 11.8. The average Bonchev–Trinajstić information content (AvgIpc) is 2.40. The summed E-state index contributed by atoms with van der Waals surface area (Å²) in [6, 6.07) is 8.19. The van der Waals surface area contributed by atoms with Crippen molar-refractivity contribution in [3.05, 3.63) is 48.0 Å². The molecular weight excluding hydrogens is 228 g/mol. The van der Waals surface area contributed by atoms with Crippen LogP contribution in [0.5, 0.6) is 0 Å². The third-order valence-electron chi connectivity index (χ3n) is 2.69. The van der Waals surface area contributed by atoms with Gasteiger partial charge in [0.05, 0.1) is 6.04 Å². The fourth-order valence-corrected chi connectivity index (χ4v) is 1.72. The van der Waals surface area contributed by atoms with Crippen LogP contribution < -0.4 is 5.32 Å². The van der Waals surface area contributed by atoms with Gasteiger partial charge in [-0.3, -0.25) is 0 Å². The zero-order chi connectivity index (χ0) is 12.8. The fourth-order valence-electron chi connectivity index (χ4n) is 1.72. The van der Waals surface area contributed by atoms with Gasteiger partial charge < -0.3 is 10.4 Å². The highest BCUT2D eigenvalue weighted by atomic mass is 16.3. The summed E-state index contributed by atoms with van der Waals surface area (Å²) >= 11 is 0. The van der Waals surface area contributed by atoms with Crippen LogP contribution in [-0.2, 0) is 0 Å². The Labute approximate surface area is 106 Å². The summed E-state index contributed by atoms with van der Waals surface area (Å²) in [5.41, 5.74) is 2.32. The Morgan fingerprint density at radius 1 is 1.17 bits per heavy atom. The smallest absolute Gasteiger partial charge is 0.226 e. The molecule has 1 aromatic heterocycles. The van der Waals surface area contributed by atoms with Gasteiger partial charge in [-0.05, 0) is 18.9 Å². The lowest BCUT2D eigenvalue weighted by molar-refractivity contribution is 0.280. The first-order valence-electron chi connectivity index (χ1n) is 5.85. The van der Waals surface area contributed by atoms with E-state index in [9.17, 15) is 0 Å². The minimum absolute atomic E-state index is 0.00185. The number of benzene rings is 1. The highest BCUT2D eigenvalue weighted by Gasteiger charge is 2.11. The zero-order valence-corrected chi connectivity index (χ0v) is 10.2. The SMILES string of the molecule is Cc1ccc(C(CCO)Nc2ncncn2)cc1. The maximum atomic E-state index is 9.14. The molecule has 5 nitrogen and oxygen atoms in total. The molecule has 2 N–H and O–H groups in total. The number of nitrogens with zero attached hydrogens (tertiary/aromatic N) is 3. The van der Waals surface area contributed by atoms with Gasteiger partial charge in [-0.1, -0.05) is 29.8 Å². The summed E-state index contributed by atoms with van der Waals surface area (Å²) in [5, 5.41) is 12.3. The minimum atomic E-state index is -0.00185. The van der Waals surface area contributed by atoms with Gasteiger partial charge in [-0.2, -0.15) is 0 Å². The van der Waals surface area contributed by atoms with Crippen molar-refractivity contribution in [2.45, 2.75) is 19.4 Å². The second-order valence-electron chi connectivity index (χ2n) is 4.08.